The summed E-state index contributed by atoms with van der Waals surface area (Å²) in [5.41, 5.74) is 0. The molecule has 4 heteroatoms. The number of carbonyl (C=O) groups is 1. The monoisotopic (exact) mass is 275 g/mol. The van der Waals surface area contributed by atoms with Gasteiger partial charge < -0.3 is 10.1 Å². The molecule has 0 spiro atoms. The number of ether oxygens (including phenoxy) is 1. The molecule has 1 unspecified atom stereocenters. The van der Waals surface area contributed by atoms with E-state index in [-0.39, 0.29) is 12.0 Å². The van der Waals surface area contributed by atoms with Crippen LogP contribution in [0.15, 0.2) is 0 Å². The van der Waals surface area contributed by atoms with Gasteiger partial charge in [0.05, 0.1) is 6.61 Å². The predicted molar refractivity (Wildman–Crippen MR) is 80.1 cm³/mol. The molecule has 0 saturated heterocycles. The maximum absolute atomic E-state index is 11.7. The molecule has 1 atom stereocenters. The van der Waals surface area contributed by atoms with E-state index < -0.39 is 0 Å². The van der Waals surface area contributed by atoms with Crippen molar-refractivity contribution in [3.63, 3.8) is 0 Å². The summed E-state index contributed by atoms with van der Waals surface area (Å²) in [7, 11) is 0. The van der Waals surface area contributed by atoms with Gasteiger partial charge in [0.15, 0.2) is 0 Å². The molecule has 0 aromatic rings. The van der Waals surface area contributed by atoms with Crippen LogP contribution in [0.1, 0.15) is 47.0 Å². The topological polar surface area (TPSA) is 38.3 Å². The van der Waals surface area contributed by atoms with E-state index in [4.69, 9.17) is 4.74 Å². The zero-order valence-electron chi connectivity index (χ0n) is 12.3. The molecule has 0 radical (unpaired) electrons. The van der Waals surface area contributed by atoms with Gasteiger partial charge in [-0.2, -0.15) is 11.8 Å². The van der Waals surface area contributed by atoms with E-state index in [9.17, 15) is 4.79 Å². The van der Waals surface area contributed by atoms with Crippen molar-refractivity contribution < 1.29 is 9.53 Å². The first-order valence-electron chi connectivity index (χ1n) is 7.09. The first-order chi connectivity index (χ1) is 8.61. The van der Waals surface area contributed by atoms with Crippen LogP contribution < -0.4 is 5.32 Å². The third-order valence-electron chi connectivity index (χ3n) is 2.60. The first kappa shape index (κ1) is 17.8. The predicted octanol–water partition coefficient (Wildman–Crippen LogP) is 3.09. The Morgan fingerprint density at radius 2 is 1.89 bits per heavy atom. The number of hydrogen-bond acceptors (Lipinski definition) is 4. The highest BCUT2D eigenvalue weighted by Gasteiger charge is 2.18. The fraction of sp³-hybridized carbons (Fsp3) is 0.929. The molecule has 3 nitrogen and oxygen atoms in total. The van der Waals surface area contributed by atoms with Crippen molar-refractivity contribution in [2.24, 2.45) is 5.92 Å². The number of carbonyl (C=O) groups excluding carboxylic acids is 1. The quantitative estimate of drug-likeness (QED) is 0.464. The van der Waals surface area contributed by atoms with Crippen LogP contribution in [0, 0.1) is 5.92 Å². The second-order valence-electron chi connectivity index (χ2n) is 4.84. The summed E-state index contributed by atoms with van der Waals surface area (Å²) in [5.74, 6) is 2.86. The van der Waals surface area contributed by atoms with Crippen molar-refractivity contribution in [1.29, 1.82) is 0 Å². The van der Waals surface area contributed by atoms with Gasteiger partial charge in [-0.15, -0.1) is 0 Å². The summed E-state index contributed by atoms with van der Waals surface area (Å²) < 4.78 is 5.09. The van der Waals surface area contributed by atoms with Gasteiger partial charge in [-0.3, -0.25) is 4.79 Å². The lowest BCUT2D eigenvalue weighted by molar-refractivity contribution is -0.145. The molecule has 0 aliphatic carbocycles. The minimum absolute atomic E-state index is 0.101. The number of hydrogen-bond donors (Lipinski definition) is 1. The zero-order chi connectivity index (χ0) is 13.8. The van der Waals surface area contributed by atoms with Gasteiger partial charge in [0, 0.05) is 0 Å². The smallest absolute Gasteiger partial charge is 0.323 e. The number of esters is 1. The summed E-state index contributed by atoms with van der Waals surface area (Å²) >= 11 is 1.93. The zero-order valence-corrected chi connectivity index (χ0v) is 13.1. The Hall–Kier alpha value is -0.220. The molecule has 18 heavy (non-hydrogen) atoms. The Morgan fingerprint density at radius 3 is 2.44 bits per heavy atom. The maximum Gasteiger partial charge on any atom is 0.323 e. The highest BCUT2D eigenvalue weighted by molar-refractivity contribution is 7.99. The molecule has 0 bridgehead atoms. The van der Waals surface area contributed by atoms with E-state index >= 15 is 0 Å². The Morgan fingerprint density at radius 1 is 1.22 bits per heavy atom. The average molecular weight is 275 g/mol. The van der Waals surface area contributed by atoms with Crippen molar-refractivity contribution in [2.75, 3.05) is 24.7 Å². The van der Waals surface area contributed by atoms with Gasteiger partial charge in [-0.25, -0.2) is 0 Å². The second kappa shape index (κ2) is 11.8. The highest BCUT2D eigenvalue weighted by atomic mass is 32.2. The van der Waals surface area contributed by atoms with Crippen LogP contribution in [0.5, 0.6) is 0 Å². The molecular weight excluding hydrogens is 246 g/mol. The molecule has 0 aromatic heterocycles. The number of nitrogens with one attached hydrogen (secondary N) is 1. The van der Waals surface area contributed by atoms with E-state index in [2.05, 4.69) is 26.1 Å². The molecule has 1 N–H and O–H groups in total. The molecule has 0 aromatic carbocycles. The van der Waals surface area contributed by atoms with Gasteiger partial charge in [-0.1, -0.05) is 20.8 Å². The highest BCUT2D eigenvalue weighted by Crippen LogP contribution is 2.11. The van der Waals surface area contributed by atoms with Crippen LogP contribution in [0.3, 0.4) is 0 Å². The first-order valence-corrected chi connectivity index (χ1v) is 8.25. The van der Waals surface area contributed by atoms with Crippen molar-refractivity contribution in [2.45, 2.75) is 53.0 Å². The minimum atomic E-state index is -0.128. The second-order valence-corrected chi connectivity index (χ2v) is 6.07. The third kappa shape index (κ3) is 9.77. The van der Waals surface area contributed by atoms with Crippen molar-refractivity contribution in [1.82, 2.24) is 5.32 Å². The summed E-state index contributed by atoms with van der Waals surface area (Å²) in [6.07, 6.45) is 3.15. The van der Waals surface area contributed by atoms with Crippen molar-refractivity contribution >= 4 is 17.7 Å². The Balaban J connectivity index is 3.82. The normalized spacial score (nSPS) is 12.7. The molecule has 108 valence electrons. The Labute approximate surface area is 116 Å². The number of rotatable bonds is 11. The Bertz CT molecular complexity index is 210. The SMILES string of the molecule is CCCNC(CCSCCC(C)C)C(=O)OCC. The van der Waals surface area contributed by atoms with Crippen LogP contribution in [0.4, 0.5) is 0 Å². The van der Waals surface area contributed by atoms with Gasteiger partial charge in [0.2, 0.25) is 0 Å². The van der Waals surface area contributed by atoms with E-state index in [0.29, 0.717) is 6.61 Å². The van der Waals surface area contributed by atoms with Gasteiger partial charge in [0.25, 0.3) is 0 Å². The molecular formula is C14H29NO2S. The molecule has 0 rings (SSSR count). The Kier molecular flexibility index (Phi) is 11.7. The van der Waals surface area contributed by atoms with Crippen molar-refractivity contribution in [3.05, 3.63) is 0 Å². The summed E-state index contributed by atoms with van der Waals surface area (Å²) in [6.45, 7) is 9.78. The lowest BCUT2D eigenvalue weighted by Crippen LogP contribution is -2.39. The molecule has 0 fully saturated rings. The van der Waals surface area contributed by atoms with E-state index in [0.717, 1.165) is 31.1 Å². The molecule has 0 aliphatic heterocycles. The minimum Gasteiger partial charge on any atom is -0.465 e. The third-order valence-corrected chi connectivity index (χ3v) is 3.65. The van der Waals surface area contributed by atoms with E-state index in [1.165, 1.54) is 12.2 Å². The van der Waals surface area contributed by atoms with Gasteiger partial charge in [0.1, 0.15) is 6.04 Å². The van der Waals surface area contributed by atoms with E-state index in [1.807, 2.05) is 18.7 Å². The van der Waals surface area contributed by atoms with Gasteiger partial charge >= 0.3 is 5.97 Å². The van der Waals surface area contributed by atoms with Crippen LogP contribution in [-0.2, 0) is 9.53 Å². The summed E-state index contributed by atoms with van der Waals surface area (Å²) in [5, 5.41) is 3.27. The lowest BCUT2D eigenvalue weighted by atomic mass is 10.2. The molecule has 0 saturated carbocycles. The number of thioether (sulfide) groups is 1. The molecule has 0 aliphatic rings. The fourth-order valence-corrected chi connectivity index (χ4v) is 2.73. The van der Waals surface area contributed by atoms with Crippen LogP contribution in [-0.4, -0.2) is 36.7 Å². The van der Waals surface area contributed by atoms with Crippen molar-refractivity contribution in [3.8, 4) is 0 Å². The summed E-state index contributed by atoms with van der Waals surface area (Å²) in [6, 6.07) is -0.128. The molecule has 0 amide bonds. The van der Waals surface area contributed by atoms with Crippen LogP contribution in [0.2, 0.25) is 0 Å². The molecule has 0 heterocycles. The standard InChI is InChI=1S/C14H29NO2S/c1-5-9-15-13(14(16)17-6-2)8-11-18-10-7-12(3)4/h12-13,15H,5-11H2,1-4H3. The van der Waals surface area contributed by atoms with E-state index in [1.54, 1.807) is 0 Å². The van der Waals surface area contributed by atoms with Crippen LogP contribution in [0.25, 0.3) is 0 Å². The lowest BCUT2D eigenvalue weighted by Gasteiger charge is -2.16. The largest absolute Gasteiger partial charge is 0.465 e. The van der Waals surface area contributed by atoms with Gasteiger partial charge in [-0.05, 0) is 50.2 Å². The van der Waals surface area contributed by atoms with Crippen LogP contribution >= 0.6 is 11.8 Å². The average Bonchev–Trinajstić information content (AvgIpc) is 2.32. The maximum atomic E-state index is 11.7. The fourth-order valence-electron chi connectivity index (χ4n) is 1.49. The summed E-state index contributed by atoms with van der Waals surface area (Å²) in [4.78, 5) is 11.7.